The number of likely N-dealkylation sites (tertiary alicyclic amines) is 1. The lowest BCUT2D eigenvalue weighted by Crippen LogP contribution is -2.39. The molecular weight excluding hydrogens is 310 g/mol. The van der Waals surface area contributed by atoms with Gasteiger partial charge in [0.05, 0.1) is 18.1 Å². The van der Waals surface area contributed by atoms with Crippen LogP contribution >= 0.6 is 15.9 Å². The molecule has 1 aliphatic rings. The third kappa shape index (κ3) is 2.48. The molecule has 100 valence electrons. The molecule has 2 aromatic heterocycles. The number of fused-ring (bicyclic) bond motifs is 1. The van der Waals surface area contributed by atoms with Crippen molar-refractivity contribution >= 4 is 33.0 Å². The van der Waals surface area contributed by atoms with Crippen LogP contribution in [0.2, 0.25) is 0 Å². The van der Waals surface area contributed by atoms with Crippen molar-refractivity contribution in [2.24, 2.45) is 5.73 Å². The van der Waals surface area contributed by atoms with Crippen LogP contribution in [0.1, 0.15) is 18.7 Å². The maximum atomic E-state index is 11.4. The molecule has 2 aromatic rings. The molecule has 1 atom stereocenters. The van der Waals surface area contributed by atoms with Crippen LogP contribution in [0.4, 0.5) is 0 Å². The quantitative estimate of drug-likeness (QED) is 0.887. The number of aromatic amines is 1. The molecule has 1 fully saturated rings. The highest BCUT2D eigenvalue weighted by Gasteiger charge is 2.29. The van der Waals surface area contributed by atoms with E-state index in [-0.39, 0.29) is 11.9 Å². The van der Waals surface area contributed by atoms with Crippen LogP contribution in [0.15, 0.2) is 16.7 Å². The van der Waals surface area contributed by atoms with E-state index in [4.69, 9.17) is 5.73 Å². The number of halogens is 1. The molecule has 0 aromatic carbocycles. The molecule has 0 bridgehead atoms. The molecule has 0 radical (unpaired) electrons. The van der Waals surface area contributed by atoms with Crippen molar-refractivity contribution in [3.8, 4) is 0 Å². The van der Waals surface area contributed by atoms with Crippen LogP contribution < -0.4 is 5.73 Å². The molecule has 0 aliphatic carbocycles. The molecule has 19 heavy (non-hydrogen) atoms. The Morgan fingerprint density at radius 3 is 3.26 bits per heavy atom. The first-order chi connectivity index (χ1) is 9.13. The SMILES string of the molecule is NC(=O)[C@@H]1CCCN1Cc1nc2ncc(Br)cc2[nH]1. The standard InChI is InChI=1S/C12H14BrN5O/c13-7-4-8-12(15-5-7)17-10(16-8)6-18-3-1-2-9(18)11(14)19/h4-5,9H,1-3,6H2,(H2,14,19)(H,15,16,17)/t9-/m0/s1. The number of nitrogens with one attached hydrogen (secondary N) is 1. The van der Waals surface area contributed by atoms with Crippen LogP contribution in [-0.4, -0.2) is 38.3 Å². The van der Waals surface area contributed by atoms with E-state index in [9.17, 15) is 4.79 Å². The number of amides is 1. The van der Waals surface area contributed by atoms with Crippen molar-refractivity contribution in [3.05, 3.63) is 22.6 Å². The van der Waals surface area contributed by atoms with Crippen LogP contribution in [0.5, 0.6) is 0 Å². The Hall–Kier alpha value is -1.47. The fourth-order valence-corrected chi connectivity index (χ4v) is 2.86. The fraction of sp³-hybridized carbons (Fsp3) is 0.417. The molecule has 0 spiro atoms. The minimum absolute atomic E-state index is 0.173. The largest absolute Gasteiger partial charge is 0.368 e. The molecule has 1 aliphatic heterocycles. The Morgan fingerprint density at radius 2 is 2.47 bits per heavy atom. The van der Waals surface area contributed by atoms with Gasteiger partial charge in [0.2, 0.25) is 5.91 Å². The summed E-state index contributed by atoms with van der Waals surface area (Å²) in [6, 6.07) is 1.77. The van der Waals surface area contributed by atoms with E-state index in [1.807, 2.05) is 6.07 Å². The van der Waals surface area contributed by atoms with E-state index in [0.29, 0.717) is 12.2 Å². The molecular formula is C12H14BrN5O. The average Bonchev–Trinajstić information content (AvgIpc) is 2.95. The Balaban J connectivity index is 1.83. The summed E-state index contributed by atoms with van der Waals surface area (Å²) in [4.78, 5) is 25.3. The van der Waals surface area contributed by atoms with E-state index >= 15 is 0 Å². The molecule has 1 amide bonds. The van der Waals surface area contributed by atoms with Gasteiger partial charge in [0.1, 0.15) is 5.82 Å². The zero-order chi connectivity index (χ0) is 13.4. The van der Waals surface area contributed by atoms with Crippen molar-refractivity contribution in [3.63, 3.8) is 0 Å². The number of hydrogen-bond donors (Lipinski definition) is 2. The van der Waals surface area contributed by atoms with E-state index in [0.717, 1.165) is 35.2 Å². The summed E-state index contributed by atoms with van der Waals surface area (Å²) in [5.74, 6) is 0.559. The molecule has 6 nitrogen and oxygen atoms in total. The number of nitrogens with two attached hydrogens (primary N) is 1. The summed E-state index contributed by atoms with van der Waals surface area (Å²) in [6.07, 6.45) is 3.55. The number of primary amides is 1. The van der Waals surface area contributed by atoms with Gasteiger partial charge in [0.25, 0.3) is 0 Å². The number of rotatable bonds is 3. The average molecular weight is 324 g/mol. The Morgan fingerprint density at radius 1 is 1.63 bits per heavy atom. The second-order valence-electron chi connectivity index (χ2n) is 4.74. The van der Waals surface area contributed by atoms with Crippen LogP contribution in [0.25, 0.3) is 11.2 Å². The number of carbonyl (C=O) groups excluding carboxylic acids is 1. The highest BCUT2D eigenvalue weighted by Crippen LogP contribution is 2.20. The molecule has 0 saturated carbocycles. The second-order valence-corrected chi connectivity index (χ2v) is 5.65. The van der Waals surface area contributed by atoms with Gasteiger partial charge in [-0.15, -0.1) is 0 Å². The molecule has 3 N–H and O–H groups in total. The van der Waals surface area contributed by atoms with Crippen LogP contribution in [-0.2, 0) is 11.3 Å². The minimum Gasteiger partial charge on any atom is -0.368 e. The van der Waals surface area contributed by atoms with Gasteiger partial charge in [-0.1, -0.05) is 0 Å². The predicted octanol–water partition coefficient (Wildman–Crippen LogP) is 1.17. The highest BCUT2D eigenvalue weighted by molar-refractivity contribution is 9.10. The maximum Gasteiger partial charge on any atom is 0.234 e. The van der Waals surface area contributed by atoms with Crippen LogP contribution in [0.3, 0.4) is 0 Å². The predicted molar refractivity (Wildman–Crippen MR) is 74.2 cm³/mol. The molecule has 1 saturated heterocycles. The first-order valence-electron chi connectivity index (χ1n) is 6.17. The maximum absolute atomic E-state index is 11.4. The van der Waals surface area contributed by atoms with Gasteiger partial charge in [0.15, 0.2) is 5.65 Å². The summed E-state index contributed by atoms with van der Waals surface area (Å²) in [5, 5.41) is 0. The zero-order valence-electron chi connectivity index (χ0n) is 10.3. The van der Waals surface area contributed by atoms with Gasteiger partial charge in [0, 0.05) is 10.7 Å². The summed E-state index contributed by atoms with van der Waals surface area (Å²) in [5.41, 5.74) is 6.98. The lowest BCUT2D eigenvalue weighted by atomic mass is 10.2. The number of carbonyl (C=O) groups is 1. The van der Waals surface area contributed by atoms with Crippen molar-refractivity contribution in [1.29, 1.82) is 0 Å². The third-order valence-electron chi connectivity index (χ3n) is 3.40. The molecule has 0 unspecified atom stereocenters. The molecule has 3 heterocycles. The van der Waals surface area contributed by atoms with E-state index in [1.165, 1.54) is 0 Å². The van der Waals surface area contributed by atoms with Gasteiger partial charge in [-0.25, -0.2) is 9.97 Å². The topological polar surface area (TPSA) is 87.9 Å². The van der Waals surface area contributed by atoms with E-state index in [2.05, 4.69) is 35.8 Å². The fourth-order valence-electron chi connectivity index (χ4n) is 2.53. The van der Waals surface area contributed by atoms with Crippen LogP contribution in [0, 0.1) is 0 Å². The number of aromatic nitrogens is 3. The van der Waals surface area contributed by atoms with Crippen molar-refractivity contribution < 1.29 is 4.79 Å². The highest BCUT2D eigenvalue weighted by atomic mass is 79.9. The first kappa shape index (κ1) is 12.6. The van der Waals surface area contributed by atoms with Gasteiger partial charge < -0.3 is 10.7 Å². The normalized spacial score (nSPS) is 20.2. The summed E-state index contributed by atoms with van der Waals surface area (Å²) in [7, 11) is 0. The Labute approximate surface area is 118 Å². The lowest BCUT2D eigenvalue weighted by Gasteiger charge is -2.20. The Bertz CT molecular complexity index is 626. The third-order valence-corrected chi connectivity index (χ3v) is 3.83. The smallest absolute Gasteiger partial charge is 0.234 e. The van der Waals surface area contributed by atoms with Gasteiger partial charge in [-0.05, 0) is 41.4 Å². The lowest BCUT2D eigenvalue weighted by molar-refractivity contribution is -0.122. The number of imidazole rings is 1. The number of hydrogen-bond acceptors (Lipinski definition) is 4. The van der Waals surface area contributed by atoms with E-state index < -0.39 is 0 Å². The monoisotopic (exact) mass is 323 g/mol. The van der Waals surface area contributed by atoms with Crippen molar-refractivity contribution in [1.82, 2.24) is 19.9 Å². The van der Waals surface area contributed by atoms with Crippen molar-refractivity contribution in [2.75, 3.05) is 6.54 Å². The molecule has 7 heteroatoms. The summed E-state index contributed by atoms with van der Waals surface area (Å²) in [6.45, 7) is 1.48. The first-order valence-corrected chi connectivity index (χ1v) is 6.96. The summed E-state index contributed by atoms with van der Waals surface area (Å²) < 4.78 is 0.909. The summed E-state index contributed by atoms with van der Waals surface area (Å²) >= 11 is 3.38. The number of H-pyrrole nitrogens is 1. The number of pyridine rings is 1. The van der Waals surface area contributed by atoms with E-state index in [1.54, 1.807) is 6.20 Å². The molecule has 3 rings (SSSR count). The zero-order valence-corrected chi connectivity index (χ0v) is 11.9. The van der Waals surface area contributed by atoms with Gasteiger partial charge >= 0.3 is 0 Å². The minimum atomic E-state index is -0.255. The van der Waals surface area contributed by atoms with Gasteiger partial charge in [-0.2, -0.15) is 0 Å². The Kier molecular flexibility index (Phi) is 3.24. The van der Waals surface area contributed by atoms with Crippen molar-refractivity contribution in [2.45, 2.75) is 25.4 Å². The second kappa shape index (κ2) is 4.90. The number of nitrogens with zero attached hydrogens (tertiary/aromatic N) is 3. The van der Waals surface area contributed by atoms with Gasteiger partial charge in [-0.3, -0.25) is 9.69 Å².